The summed E-state index contributed by atoms with van der Waals surface area (Å²) in [6.45, 7) is 1.97. The van der Waals surface area contributed by atoms with Crippen molar-refractivity contribution in [1.82, 2.24) is 15.0 Å². The molecule has 0 radical (unpaired) electrons. The van der Waals surface area contributed by atoms with Crippen LogP contribution in [0.3, 0.4) is 0 Å². The second kappa shape index (κ2) is 7.30. The molecule has 5 nitrogen and oxygen atoms in total. The molecule has 7 heteroatoms. The van der Waals surface area contributed by atoms with Crippen molar-refractivity contribution in [2.45, 2.75) is 17.6 Å². The number of aryl methyl sites for hydroxylation is 1. The predicted molar refractivity (Wildman–Crippen MR) is 110 cm³/mol. The monoisotopic (exact) mass is 409 g/mol. The van der Waals surface area contributed by atoms with Gasteiger partial charge in [-0.2, -0.15) is 0 Å². The number of benzene rings is 2. The summed E-state index contributed by atoms with van der Waals surface area (Å²) in [5.74, 6) is -0.171. The standard InChI is InChI=1S/C21H16ClN3O2S/c1-14-10-16(22)2-4-19(14)21-20-5-3-18(11-15(20)6-9-24-21)28(26,27)12-17-7-8-23-13-25-17/h2-11,13H,12H2,1H3. The third kappa shape index (κ3) is 3.61. The van der Waals surface area contributed by atoms with Crippen LogP contribution in [-0.4, -0.2) is 23.4 Å². The quantitative estimate of drug-likeness (QED) is 0.491. The first-order chi connectivity index (χ1) is 13.4. The van der Waals surface area contributed by atoms with Crippen LogP contribution in [0.1, 0.15) is 11.3 Å². The maximum atomic E-state index is 12.8. The molecule has 0 aliphatic carbocycles. The number of halogens is 1. The van der Waals surface area contributed by atoms with Gasteiger partial charge in [-0.05, 0) is 54.3 Å². The molecule has 0 aliphatic rings. The first-order valence-electron chi connectivity index (χ1n) is 8.57. The fourth-order valence-corrected chi connectivity index (χ4v) is 4.67. The molecule has 0 atom stereocenters. The predicted octanol–water partition coefficient (Wildman–Crippen LogP) is 4.63. The van der Waals surface area contributed by atoms with E-state index in [0.29, 0.717) is 10.7 Å². The average molecular weight is 410 g/mol. The largest absolute Gasteiger partial charge is 0.256 e. The molecule has 2 aromatic carbocycles. The van der Waals surface area contributed by atoms with Gasteiger partial charge in [0.1, 0.15) is 6.33 Å². The lowest BCUT2D eigenvalue weighted by Crippen LogP contribution is -2.06. The van der Waals surface area contributed by atoms with E-state index in [0.717, 1.165) is 27.6 Å². The van der Waals surface area contributed by atoms with Crippen molar-refractivity contribution >= 4 is 32.2 Å². The number of nitrogens with zero attached hydrogens (tertiary/aromatic N) is 3. The Hall–Kier alpha value is -2.83. The van der Waals surface area contributed by atoms with E-state index in [1.54, 1.807) is 30.5 Å². The molecule has 28 heavy (non-hydrogen) atoms. The number of pyridine rings is 1. The smallest absolute Gasteiger partial charge is 0.184 e. The number of hydrogen-bond acceptors (Lipinski definition) is 5. The van der Waals surface area contributed by atoms with E-state index in [-0.39, 0.29) is 10.6 Å². The Morgan fingerprint density at radius 3 is 2.57 bits per heavy atom. The van der Waals surface area contributed by atoms with E-state index in [1.165, 1.54) is 12.5 Å². The van der Waals surface area contributed by atoms with Crippen LogP contribution in [0.15, 0.2) is 72.1 Å². The molecule has 2 heterocycles. The summed E-state index contributed by atoms with van der Waals surface area (Å²) in [6.07, 6.45) is 4.56. The van der Waals surface area contributed by atoms with Gasteiger partial charge in [0.2, 0.25) is 0 Å². The highest BCUT2D eigenvalue weighted by Crippen LogP contribution is 2.31. The summed E-state index contributed by atoms with van der Waals surface area (Å²) in [6, 6.07) is 14.2. The summed E-state index contributed by atoms with van der Waals surface area (Å²) in [4.78, 5) is 12.6. The minimum Gasteiger partial charge on any atom is -0.256 e. The van der Waals surface area contributed by atoms with Crippen LogP contribution in [0.5, 0.6) is 0 Å². The molecule has 4 aromatic rings. The number of fused-ring (bicyclic) bond motifs is 1. The zero-order valence-electron chi connectivity index (χ0n) is 15.0. The van der Waals surface area contributed by atoms with Crippen LogP contribution in [-0.2, 0) is 15.6 Å². The average Bonchev–Trinajstić information content (AvgIpc) is 2.68. The Kier molecular flexibility index (Phi) is 4.83. The lowest BCUT2D eigenvalue weighted by Gasteiger charge is -2.11. The molecule has 140 valence electrons. The lowest BCUT2D eigenvalue weighted by molar-refractivity contribution is 0.594. The molecule has 0 unspecified atom stereocenters. The second-order valence-corrected chi connectivity index (χ2v) is 8.89. The van der Waals surface area contributed by atoms with Gasteiger partial charge in [-0.25, -0.2) is 18.4 Å². The van der Waals surface area contributed by atoms with Gasteiger partial charge in [0.25, 0.3) is 0 Å². The van der Waals surface area contributed by atoms with Gasteiger partial charge >= 0.3 is 0 Å². The third-order valence-corrected chi connectivity index (χ3v) is 6.40. The molecule has 2 aromatic heterocycles. The number of rotatable bonds is 4. The van der Waals surface area contributed by atoms with Crippen molar-refractivity contribution in [3.8, 4) is 11.3 Å². The highest BCUT2D eigenvalue weighted by atomic mass is 35.5. The third-order valence-electron chi connectivity index (χ3n) is 4.52. The van der Waals surface area contributed by atoms with Crippen molar-refractivity contribution in [1.29, 1.82) is 0 Å². The van der Waals surface area contributed by atoms with Crippen LogP contribution in [0.2, 0.25) is 5.02 Å². The van der Waals surface area contributed by atoms with Gasteiger partial charge in [0, 0.05) is 28.4 Å². The van der Waals surface area contributed by atoms with Crippen LogP contribution in [0, 0.1) is 6.92 Å². The topological polar surface area (TPSA) is 72.8 Å². The molecule has 0 aliphatic heterocycles. The van der Waals surface area contributed by atoms with Crippen LogP contribution in [0.4, 0.5) is 0 Å². The van der Waals surface area contributed by atoms with E-state index in [2.05, 4.69) is 15.0 Å². The number of hydrogen-bond donors (Lipinski definition) is 0. The van der Waals surface area contributed by atoms with Crippen LogP contribution in [0.25, 0.3) is 22.0 Å². The Labute approximate surface area is 168 Å². The van der Waals surface area contributed by atoms with Crippen LogP contribution < -0.4 is 0 Å². The Morgan fingerprint density at radius 2 is 1.82 bits per heavy atom. The summed E-state index contributed by atoms with van der Waals surface area (Å²) in [5, 5.41) is 2.36. The Bertz CT molecular complexity index is 1280. The SMILES string of the molecule is Cc1cc(Cl)ccc1-c1nccc2cc(S(=O)(=O)Cc3ccncn3)ccc12. The molecule has 0 spiro atoms. The molecule has 0 amide bonds. The second-order valence-electron chi connectivity index (χ2n) is 6.46. The van der Waals surface area contributed by atoms with E-state index < -0.39 is 9.84 Å². The van der Waals surface area contributed by atoms with Gasteiger partial charge in [0.15, 0.2) is 9.84 Å². The molecule has 4 rings (SSSR count). The maximum absolute atomic E-state index is 12.8. The van der Waals surface area contributed by atoms with E-state index in [9.17, 15) is 8.42 Å². The normalized spacial score (nSPS) is 11.6. The summed E-state index contributed by atoms with van der Waals surface area (Å²) < 4.78 is 25.6. The van der Waals surface area contributed by atoms with E-state index in [1.807, 2.05) is 31.2 Å². The fourth-order valence-electron chi connectivity index (χ4n) is 3.14. The maximum Gasteiger partial charge on any atom is 0.184 e. The zero-order chi connectivity index (χ0) is 19.7. The molecule has 0 bridgehead atoms. The number of aromatic nitrogens is 3. The Balaban J connectivity index is 1.79. The molecular weight excluding hydrogens is 394 g/mol. The van der Waals surface area contributed by atoms with Crippen molar-refractivity contribution in [2.24, 2.45) is 0 Å². The molecular formula is C21H16ClN3O2S. The Morgan fingerprint density at radius 1 is 0.964 bits per heavy atom. The fraction of sp³-hybridized carbons (Fsp3) is 0.0952. The van der Waals surface area contributed by atoms with Gasteiger partial charge in [-0.3, -0.25) is 4.98 Å². The van der Waals surface area contributed by atoms with Crippen LogP contribution >= 0.6 is 11.6 Å². The first-order valence-corrected chi connectivity index (χ1v) is 10.6. The van der Waals surface area contributed by atoms with Crippen molar-refractivity contribution < 1.29 is 8.42 Å². The van der Waals surface area contributed by atoms with E-state index >= 15 is 0 Å². The number of sulfone groups is 1. The van der Waals surface area contributed by atoms with Gasteiger partial charge in [0.05, 0.1) is 22.0 Å². The molecule has 0 saturated heterocycles. The minimum atomic E-state index is -3.52. The zero-order valence-corrected chi connectivity index (χ0v) is 16.6. The molecule has 0 fully saturated rings. The van der Waals surface area contributed by atoms with Crippen molar-refractivity contribution in [3.05, 3.63) is 83.5 Å². The highest BCUT2D eigenvalue weighted by molar-refractivity contribution is 7.90. The van der Waals surface area contributed by atoms with E-state index in [4.69, 9.17) is 11.6 Å². The van der Waals surface area contributed by atoms with Gasteiger partial charge in [-0.15, -0.1) is 0 Å². The van der Waals surface area contributed by atoms with Gasteiger partial charge in [-0.1, -0.05) is 23.7 Å². The lowest BCUT2D eigenvalue weighted by atomic mass is 10.0. The van der Waals surface area contributed by atoms with Crippen molar-refractivity contribution in [3.63, 3.8) is 0 Å². The highest BCUT2D eigenvalue weighted by Gasteiger charge is 2.18. The summed E-state index contributed by atoms with van der Waals surface area (Å²) in [7, 11) is -3.52. The molecule has 0 N–H and O–H groups in total. The van der Waals surface area contributed by atoms with Crippen molar-refractivity contribution in [2.75, 3.05) is 0 Å². The van der Waals surface area contributed by atoms with Gasteiger partial charge < -0.3 is 0 Å². The summed E-state index contributed by atoms with van der Waals surface area (Å²) >= 11 is 6.06. The molecule has 0 saturated carbocycles. The first kappa shape index (κ1) is 18.5. The minimum absolute atomic E-state index is 0.171. The summed E-state index contributed by atoms with van der Waals surface area (Å²) in [5.41, 5.74) is 3.23.